The highest BCUT2D eigenvalue weighted by atomic mass is 35.5. The minimum atomic E-state index is -0.182. The van der Waals surface area contributed by atoms with Gasteiger partial charge in [0.25, 0.3) is 0 Å². The molecule has 0 radical (unpaired) electrons. The summed E-state index contributed by atoms with van der Waals surface area (Å²) < 4.78 is 2.09. The van der Waals surface area contributed by atoms with Crippen LogP contribution in [0.15, 0.2) is 29.0 Å². The molecule has 0 N–H and O–H groups in total. The number of nitrogens with zero attached hydrogens (tertiary/aromatic N) is 2. The van der Waals surface area contributed by atoms with Gasteiger partial charge in [0.15, 0.2) is 0 Å². The molecule has 6 heteroatoms. The van der Waals surface area contributed by atoms with Crippen molar-refractivity contribution in [2.45, 2.75) is 18.8 Å². The molecule has 1 aromatic carbocycles. The number of alkyl halides is 1. The largest absolute Gasteiger partial charge is 0.322 e. The lowest BCUT2D eigenvalue weighted by Crippen LogP contribution is -2.05. The predicted molar refractivity (Wildman–Crippen MR) is 87.4 cm³/mol. The monoisotopic (exact) mass is 344 g/mol. The van der Waals surface area contributed by atoms with E-state index in [0.717, 1.165) is 23.4 Å². The second-order valence-electron chi connectivity index (χ2n) is 4.56. The zero-order valence-corrected chi connectivity index (χ0v) is 13.7. The summed E-state index contributed by atoms with van der Waals surface area (Å²) in [5.41, 5.74) is 2.99. The smallest absolute Gasteiger partial charge is 0.128 e. The summed E-state index contributed by atoms with van der Waals surface area (Å²) in [7, 11) is 0. The number of hydrogen-bond donors (Lipinski definition) is 0. The topological polar surface area (TPSA) is 17.8 Å². The maximum absolute atomic E-state index is 6.25. The number of imidazole rings is 1. The summed E-state index contributed by atoms with van der Waals surface area (Å²) in [6, 6.07) is 5.73. The van der Waals surface area contributed by atoms with Crippen LogP contribution in [0.25, 0.3) is 11.0 Å². The van der Waals surface area contributed by atoms with E-state index < -0.39 is 0 Å². The Morgan fingerprint density at radius 3 is 2.70 bits per heavy atom. The van der Waals surface area contributed by atoms with Crippen LogP contribution < -0.4 is 0 Å². The first-order chi connectivity index (χ1) is 9.56. The minimum Gasteiger partial charge on any atom is -0.322 e. The van der Waals surface area contributed by atoms with Gasteiger partial charge in [0.1, 0.15) is 5.82 Å². The summed E-state index contributed by atoms with van der Waals surface area (Å²) in [4.78, 5) is 4.59. The Kier molecular flexibility index (Phi) is 3.95. The van der Waals surface area contributed by atoms with Gasteiger partial charge in [-0.1, -0.05) is 23.2 Å². The molecule has 0 spiro atoms. The number of thiophene rings is 1. The van der Waals surface area contributed by atoms with E-state index in [4.69, 9.17) is 34.8 Å². The molecule has 20 heavy (non-hydrogen) atoms. The molecule has 3 rings (SSSR count). The molecular formula is C14H11Cl3N2S. The molecular weight excluding hydrogens is 335 g/mol. The van der Waals surface area contributed by atoms with Crippen molar-refractivity contribution in [1.29, 1.82) is 0 Å². The third kappa shape index (κ3) is 2.56. The summed E-state index contributed by atoms with van der Waals surface area (Å²) >= 11 is 20.1. The quantitative estimate of drug-likeness (QED) is 0.552. The molecule has 0 aliphatic heterocycles. The van der Waals surface area contributed by atoms with Gasteiger partial charge in [0, 0.05) is 0 Å². The van der Waals surface area contributed by atoms with Crippen molar-refractivity contribution in [3.05, 3.63) is 50.4 Å². The standard InChI is InChI=1S/C14H11Cl3N2S/c1-8(15)14-18-12-4-10(16)11(17)5-13(12)19(14)6-9-2-3-20-7-9/h2-5,7-8H,6H2,1H3. The van der Waals surface area contributed by atoms with Crippen LogP contribution in [0.2, 0.25) is 10.0 Å². The summed E-state index contributed by atoms with van der Waals surface area (Å²) in [5, 5.41) is 5.03. The number of halogens is 3. The third-order valence-corrected chi connectivity index (χ3v) is 4.75. The number of hydrogen-bond acceptors (Lipinski definition) is 2. The zero-order valence-electron chi connectivity index (χ0n) is 10.6. The number of fused-ring (bicyclic) bond motifs is 1. The van der Waals surface area contributed by atoms with Gasteiger partial charge in [0.05, 0.1) is 33.0 Å². The molecule has 2 heterocycles. The lowest BCUT2D eigenvalue weighted by Gasteiger charge is -2.09. The molecule has 104 valence electrons. The Hall–Kier alpha value is -0.740. The SMILES string of the molecule is CC(Cl)c1nc2cc(Cl)c(Cl)cc2n1Cc1ccsc1. The van der Waals surface area contributed by atoms with Crippen LogP contribution >= 0.6 is 46.1 Å². The van der Waals surface area contributed by atoms with Gasteiger partial charge in [-0.05, 0) is 41.4 Å². The van der Waals surface area contributed by atoms with Crippen molar-refractivity contribution in [2.24, 2.45) is 0 Å². The lowest BCUT2D eigenvalue weighted by atomic mass is 10.3. The first-order valence-electron chi connectivity index (χ1n) is 6.06. The van der Waals surface area contributed by atoms with E-state index in [2.05, 4.69) is 26.4 Å². The third-order valence-electron chi connectivity index (χ3n) is 3.10. The van der Waals surface area contributed by atoms with Gasteiger partial charge in [-0.25, -0.2) is 4.98 Å². The Balaban J connectivity index is 2.20. The van der Waals surface area contributed by atoms with Crippen LogP contribution in [0, 0.1) is 0 Å². The number of benzene rings is 1. The molecule has 1 atom stereocenters. The van der Waals surface area contributed by atoms with Crippen molar-refractivity contribution in [3.63, 3.8) is 0 Å². The second-order valence-corrected chi connectivity index (χ2v) is 6.81. The van der Waals surface area contributed by atoms with Crippen LogP contribution in [0.5, 0.6) is 0 Å². The van der Waals surface area contributed by atoms with Crippen molar-refractivity contribution in [2.75, 3.05) is 0 Å². The zero-order chi connectivity index (χ0) is 14.3. The van der Waals surface area contributed by atoms with Gasteiger partial charge >= 0.3 is 0 Å². The molecule has 0 bridgehead atoms. The van der Waals surface area contributed by atoms with Gasteiger partial charge in [-0.15, -0.1) is 11.6 Å². The average molecular weight is 346 g/mol. The van der Waals surface area contributed by atoms with Crippen molar-refractivity contribution in [1.82, 2.24) is 9.55 Å². The maximum atomic E-state index is 6.25. The Bertz CT molecular complexity index is 747. The fourth-order valence-corrected chi connectivity index (χ4v) is 3.32. The molecule has 1 unspecified atom stereocenters. The molecule has 0 saturated heterocycles. The Morgan fingerprint density at radius 1 is 1.30 bits per heavy atom. The molecule has 0 fully saturated rings. The number of aromatic nitrogens is 2. The van der Waals surface area contributed by atoms with Crippen LogP contribution in [-0.2, 0) is 6.54 Å². The first kappa shape index (κ1) is 14.2. The maximum Gasteiger partial charge on any atom is 0.128 e. The van der Waals surface area contributed by atoms with Crippen LogP contribution in [0.4, 0.5) is 0 Å². The lowest BCUT2D eigenvalue weighted by molar-refractivity contribution is 0.744. The van der Waals surface area contributed by atoms with E-state index >= 15 is 0 Å². The van der Waals surface area contributed by atoms with Gasteiger partial charge in [-0.3, -0.25) is 0 Å². The van der Waals surface area contributed by atoms with Crippen molar-refractivity contribution in [3.8, 4) is 0 Å². The van der Waals surface area contributed by atoms with E-state index in [1.54, 1.807) is 17.4 Å². The van der Waals surface area contributed by atoms with Crippen molar-refractivity contribution >= 4 is 57.2 Å². The van der Waals surface area contributed by atoms with Crippen LogP contribution in [0.1, 0.15) is 23.7 Å². The fraction of sp³-hybridized carbons (Fsp3) is 0.214. The molecule has 0 aliphatic rings. The van der Waals surface area contributed by atoms with Crippen LogP contribution in [0.3, 0.4) is 0 Å². The van der Waals surface area contributed by atoms with Gasteiger partial charge < -0.3 is 4.57 Å². The minimum absolute atomic E-state index is 0.182. The van der Waals surface area contributed by atoms with E-state index in [-0.39, 0.29) is 5.38 Å². The van der Waals surface area contributed by atoms with Gasteiger partial charge in [-0.2, -0.15) is 11.3 Å². The van der Waals surface area contributed by atoms with E-state index in [1.807, 2.05) is 13.0 Å². The molecule has 2 aromatic heterocycles. The molecule has 0 aliphatic carbocycles. The first-order valence-corrected chi connectivity index (χ1v) is 8.20. The predicted octanol–water partition coefficient (Wildman–Crippen LogP) is 5.75. The molecule has 2 nitrogen and oxygen atoms in total. The van der Waals surface area contributed by atoms with E-state index in [9.17, 15) is 0 Å². The average Bonchev–Trinajstić information content (AvgIpc) is 3.00. The Labute approximate surface area is 135 Å². The normalized spacial score (nSPS) is 13.0. The fourth-order valence-electron chi connectivity index (χ4n) is 2.17. The highest BCUT2D eigenvalue weighted by Crippen LogP contribution is 2.31. The summed E-state index contributed by atoms with van der Waals surface area (Å²) in [5.74, 6) is 0.825. The highest BCUT2D eigenvalue weighted by Gasteiger charge is 2.16. The highest BCUT2D eigenvalue weighted by molar-refractivity contribution is 7.07. The molecule has 3 aromatic rings. The van der Waals surface area contributed by atoms with Crippen LogP contribution in [-0.4, -0.2) is 9.55 Å². The summed E-state index contributed by atoms with van der Waals surface area (Å²) in [6.07, 6.45) is 0. The molecule has 0 amide bonds. The van der Waals surface area contributed by atoms with Crippen molar-refractivity contribution < 1.29 is 0 Å². The Morgan fingerprint density at radius 2 is 2.05 bits per heavy atom. The number of rotatable bonds is 3. The van der Waals surface area contributed by atoms with E-state index in [1.165, 1.54) is 5.56 Å². The van der Waals surface area contributed by atoms with Gasteiger partial charge in [0.2, 0.25) is 0 Å². The second kappa shape index (κ2) is 5.57. The molecule has 0 saturated carbocycles. The summed E-state index contributed by atoms with van der Waals surface area (Å²) in [6.45, 7) is 2.64. The van der Waals surface area contributed by atoms with E-state index in [0.29, 0.717) is 10.0 Å².